The van der Waals surface area contributed by atoms with E-state index in [0.717, 1.165) is 11.3 Å². The molecule has 1 atom stereocenters. The van der Waals surface area contributed by atoms with Crippen molar-refractivity contribution in [3.63, 3.8) is 0 Å². The molecule has 0 aromatic heterocycles. The zero-order valence-corrected chi connectivity index (χ0v) is 11.6. The molecule has 5 heteroatoms. The molecule has 108 valence electrons. The number of carbonyl (C=O) groups excluding carboxylic acids is 1. The summed E-state index contributed by atoms with van der Waals surface area (Å²) in [6.45, 7) is 2.12. The molecule has 0 saturated carbocycles. The minimum atomic E-state index is -0.861. The molecule has 0 aliphatic carbocycles. The van der Waals surface area contributed by atoms with Gasteiger partial charge < -0.3 is 15.2 Å². The highest BCUT2D eigenvalue weighted by Crippen LogP contribution is 2.12. The Morgan fingerprint density at radius 2 is 2.00 bits per heavy atom. The molecule has 1 rings (SSSR count). The highest BCUT2D eigenvalue weighted by atomic mass is 16.5. The van der Waals surface area contributed by atoms with E-state index >= 15 is 0 Å². The highest BCUT2D eigenvalue weighted by Gasteiger charge is 2.07. The van der Waals surface area contributed by atoms with Crippen molar-refractivity contribution < 1.29 is 19.4 Å². The van der Waals surface area contributed by atoms with Gasteiger partial charge in [0.25, 0.3) is 0 Å². The van der Waals surface area contributed by atoms with Crippen molar-refractivity contribution in [3.8, 4) is 5.75 Å². The van der Waals surface area contributed by atoms with Crippen LogP contribution in [0.5, 0.6) is 5.75 Å². The minimum Gasteiger partial charge on any atom is -0.497 e. The third-order valence-electron chi connectivity index (χ3n) is 2.69. The number of rotatable bonds is 7. The summed E-state index contributed by atoms with van der Waals surface area (Å²) in [5.74, 6) is -0.432. The first-order valence-corrected chi connectivity index (χ1v) is 6.33. The Balaban J connectivity index is 2.40. The average Bonchev–Trinajstić information content (AvgIpc) is 2.42. The second kappa shape index (κ2) is 7.99. The molecule has 0 fully saturated rings. The standard InChI is InChI=1S/C15H19NO4/c1-11(9-15(18)19)10-16-14(17)8-5-12-3-6-13(20-2)7-4-12/h3-8,11H,9-10H2,1-2H3,(H,16,17)(H,18,19)/b8-5+. The molecule has 0 radical (unpaired) electrons. The number of methoxy groups -OCH3 is 1. The zero-order chi connectivity index (χ0) is 15.0. The first kappa shape index (κ1) is 15.8. The number of carbonyl (C=O) groups is 2. The van der Waals surface area contributed by atoms with Crippen LogP contribution in [0, 0.1) is 5.92 Å². The smallest absolute Gasteiger partial charge is 0.303 e. The second-order valence-corrected chi connectivity index (χ2v) is 4.55. The molecule has 1 amide bonds. The van der Waals surface area contributed by atoms with Crippen molar-refractivity contribution in [2.45, 2.75) is 13.3 Å². The maximum atomic E-state index is 11.6. The van der Waals surface area contributed by atoms with Gasteiger partial charge in [-0.3, -0.25) is 9.59 Å². The fourth-order valence-corrected chi connectivity index (χ4v) is 1.59. The van der Waals surface area contributed by atoms with E-state index in [1.165, 1.54) is 6.08 Å². The maximum absolute atomic E-state index is 11.6. The number of nitrogens with one attached hydrogen (secondary N) is 1. The van der Waals surface area contributed by atoms with Crippen LogP contribution >= 0.6 is 0 Å². The number of amides is 1. The Hall–Kier alpha value is -2.30. The van der Waals surface area contributed by atoms with Crippen LogP contribution in [-0.4, -0.2) is 30.6 Å². The molecule has 0 spiro atoms. The fourth-order valence-electron chi connectivity index (χ4n) is 1.59. The summed E-state index contributed by atoms with van der Waals surface area (Å²) < 4.78 is 5.04. The van der Waals surface area contributed by atoms with Crippen LogP contribution in [0.3, 0.4) is 0 Å². The van der Waals surface area contributed by atoms with Crippen molar-refractivity contribution in [1.29, 1.82) is 0 Å². The lowest BCUT2D eigenvalue weighted by Gasteiger charge is -2.08. The Morgan fingerprint density at radius 3 is 2.55 bits per heavy atom. The first-order valence-electron chi connectivity index (χ1n) is 6.33. The number of ether oxygens (including phenoxy) is 1. The maximum Gasteiger partial charge on any atom is 0.303 e. The molecule has 0 bridgehead atoms. The lowest BCUT2D eigenvalue weighted by Crippen LogP contribution is -2.27. The zero-order valence-electron chi connectivity index (χ0n) is 11.6. The number of aliphatic carboxylic acids is 1. The second-order valence-electron chi connectivity index (χ2n) is 4.55. The Labute approximate surface area is 118 Å². The van der Waals surface area contributed by atoms with Gasteiger partial charge in [-0.05, 0) is 29.7 Å². The quantitative estimate of drug-likeness (QED) is 0.747. The van der Waals surface area contributed by atoms with Gasteiger partial charge in [-0.15, -0.1) is 0 Å². The van der Waals surface area contributed by atoms with Crippen molar-refractivity contribution in [2.24, 2.45) is 5.92 Å². The Bertz CT molecular complexity index is 479. The summed E-state index contributed by atoms with van der Waals surface area (Å²) in [6.07, 6.45) is 3.16. The van der Waals surface area contributed by atoms with Gasteiger partial charge in [-0.25, -0.2) is 0 Å². The van der Waals surface area contributed by atoms with Crippen LogP contribution in [0.15, 0.2) is 30.3 Å². The normalized spacial score (nSPS) is 12.1. The average molecular weight is 277 g/mol. The minimum absolute atomic E-state index is 0.0441. The summed E-state index contributed by atoms with van der Waals surface area (Å²) in [5, 5.41) is 11.3. The molecular weight excluding hydrogens is 258 g/mol. The molecule has 1 aromatic rings. The van der Waals surface area contributed by atoms with Gasteiger partial charge in [0, 0.05) is 19.0 Å². The molecule has 5 nitrogen and oxygen atoms in total. The van der Waals surface area contributed by atoms with Crippen molar-refractivity contribution in [1.82, 2.24) is 5.32 Å². The van der Waals surface area contributed by atoms with Crippen LogP contribution < -0.4 is 10.1 Å². The van der Waals surface area contributed by atoms with E-state index in [9.17, 15) is 9.59 Å². The highest BCUT2D eigenvalue weighted by molar-refractivity contribution is 5.91. The third-order valence-corrected chi connectivity index (χ3v) is 2.69. The molecular formula is C15H19NO4. The SMILES string of the molecule is COc1ccc(/C=C/C(=O)NCC(C)CC(=O)O)cc1. The summed E-state index contributed by atoms with van der Waals surface area (Å²) in [7, 11) is 1.59. The number of hydrogen-bond donors (Lipinski definition) is 2. The Morgan fingerprint density at radius 1 is 1.35 bits per heavy atom. The van der Waals surface area contributed by atoms with Gasteiger partial charge in [0.05, 0.1) is 7.11 Å². The van der Waals surface area contributed by atoms with E-state index in [2.05, 4.69) is 5.32 Å². The lowest BCUT2D eigenvalue weighted by molar-refractivity contribution is -0.138. The van der Waals surface area contributed by atoms with Crippen molar-refractivity contribution in [2.75, 3.05) is 13.7 Å². The summed E-state index contributed by atoms with van der Waals surface area (Å²) in [6, 6.07) is 7.31. The van der Waals surface area contributed by atoms with Crippen molar-refractivity contribution in [3.05, 3.63) is 35.9 Å². The molecule has 1 aromatic carbocycles. The summed E-state index contributed by atoms with van der Waals surface area (Å²) in [5.41, 5.74) is 0.888. The molecule has 0 aliphatic rings. The van der Waals surface area contributed by atoms with E-state index in [4.69, 9.17) is 9.84 Å². The molecule has 2 N–H and O–H groups in total. The summed E-state index contributed by atoms with van der Waals surface area (Å²) in [4.78, 5) is 22.0. The fraction of sp³-hybridized carbons (Fsp3) is 0.333. The Kier molecular flexibility index (Phi) is 6.29. The molecule has 1 unspecified atom stereocenters. The van der Waals surface area contributed by atoms with Crippen molar-refractivity contribution >= 4 is 18.0 Å². The monoisotopic (exact) mass is 277 g/mol. The third kappa shape index (κ3) is 6.04. The number of benzene rings is 1. The first-order chi connectivity index (χ1) is 9.51. The van der Waals surface area contributed by atoms with Crippen LogP contribution in [-0.2, 0) is 9.59 Å². The van der Waals surface area contributed by atoms with Gasteiger partial charge in [-0.1, -0.05) is 19.1 Å². The predicted molar refractivity (Wildman–Crippen MR) is 76.5 cm³/mol. The predicted octanol–water partition coefficient (Wildman–Crippen LogP) is 1.94. The van der Waals surface area contributed by atoms with Gasteiger partial charge in [0.1, 0.15) is 5.75 Å². The van der Waals surface area contributed by atoms with E-state index in [1.807, 2.05) is 24.3 Å². The van der Waals surface area contributed by atoms with Gasteiger partial charge >= 0.3 is 5.97 Å². The summed E-state index contributed by atoms with van der Waals surface area (Å²) >= 11 is 0. The van der Waals surface area contributed by atoms with Crippen LogP contribution in [0.4, 0.5) is 0 Å². The number of carboxylic acids is 1. The van der Waals surface area contributed by atoms with Crippen LogP contribution in [0.1, 0.15) is 18.9 Å². The molecule has 20 heavy (non-hydrogen) atoms. The van der Waals surface area contributed by atoms with E-state index in [0.29, 0.717) is 6.54 Å². The largest absolute Gasteiger partial charge is 0.497 e. The van der Waals surface area contributed by atoms with E-state index < -0.39 is 5.97 Å². The van der Waals surface area contributed by atoms with Crippen LogP contribution in [0.2, 0.25) is 0 Å². The van der Waals surface area contributed by atoms with Gasteiger partial charge in [0.15, 0.2) is 0 Å². The number of hydrogen-bond acceptors (Lipinski definition) is 3. The van der Waals surface area contributed by atoms with E-state index in [1.54, 1.807) is 20.1 Å². The van der Waals surface area contributed by atoms with Gasteiger partial charge in [0.2, 0.25) is 5.91 Å². The molecule has 0 saturated heterocycles. The van der Waals surface area contributed by atoms with Crippen LogP contribution in [0.25, 0.3) is 6.08 Å². The molecule has 0 aliphatic heterocycles. The van der Waals surface area contributed by atoms with E-state index in [-0.39, 0.29) is 18.2 Å². The topological polar surface area (TPSA) is 75.6 Å². The number of carboxylic acid groups (broad SMARTS) is 1. The van der Waals surface area contributed by atoms with Gasteiger partial charge in [-0.2, -0.15) is 0 Å². The molecule has 0 heterocycles. The lowest BCUT2D eigenvalue weighted by atomic mass is 10.1.